The Hall–Kier alpha value is -1.13. The maximum absolute atomic E-state index is 11.2. The molecule has 0 amide bonds. The van der Waals surface area contributed by atoms with E-state index in [1.54, 1.807) is 0 Å². The van der Waals surface area contributed by atoms with Crippen molar-refractivity contribution in [3.8, 4) is 0 Å². The second-order valence-electron chi connectivity index (χ2n) is 2.96. The molecule has 1 aliphatic rings. The zero-order chi connectivity index (χ0) is 10.4. The summed E-state index contributed by atoms with van der Waals surface area (Å²) in [6.45, 7) is 3.91. The minimum atomic E-state index is -0.960. The van der Waals surface area contributed by atoms with Crippen molar-refractivity contribution in [2.24, 2.45) is 0 Å². The van der Waals surface area contributed by atoms with Gasteiger partial charge in [0.25, 0.3) is 0 Å². The van der Waals surface area contributed by atoms with E-state index in [1.807, 2.05) is 0 Å². The van der Waals surface area contributed by atoms with E-state index < -0.39 is 12.4 Å². The highest BCUT2D eigenvalue weighted by Gasteiger charge is 2.23. The topological polar surface area (TPSA) is 55.8 Å². The minimum absolute atomic E-state index is 0.103. The van der Waals surface area contributed by atoms with Crippen molar-refractivity contribution in [3.05, 3.63) is 25.0 Å². The Morgan fingerprint density at radius 1 is 1.71 bits per heavy atom. The van der Waals surface area contributed by atoms with Crippen LogP contribution in [0.4, 0.5) is 0 Å². The first kappa shape index (κ1) is 10.9. The number of ketones is 1. The molecule has 0 aromatic rings. The predicted molar refractivity (Wildman–Crippen MR) is 50.4 cm³/mol. The molecular formula is C10H14O4. The van der Waals surface area contributed by atoms with E-state index in [4.69, 9.17) is 14.6 Å². The van der Waals surface area contributed by atoms with Gasteiger partial charge in [0.1, 0.15) is 6.10 Å². The van der Waals surface area contributed by atoms with Crippen molar-refractivity contribution in [3.63, 3.8) is 0 Å². The fraction of sp³-hybridized carbons (Fsp3) is 0.500. The van der Waals surface area contributed by atoms with Crippen LogP contribution in [0.3, 0.4) is 0 Å². The fourth-order valence-corrected chi connectivity index (χ4v) is 1.21. The third-order valence-electron chi connectivity index (χ3n) is 1.89. The summed E-state index contributed by atoms with van der Waals surface area (Å²) in [4.78, 5) is 11.2. The number of hydrogen-bond acceptors (Lipinski definition) is 4. The molecule has 1 aliphatic heterocycles. The van der Waals surface area contributed by atoms with Gasteiger partial charge in [0.15, 0.2) is 12.1 Å². The summed E-state index contributed by atoms with van der Waals surface area (Å²) in [5.74, 6) is -0.103. The van der Waals surface area contributed by atoms with Gasteiger partial charge in [0.2, 0.25) is 0 Å². The Labute approximate surface area is 82.8 Å². The molecule has 0 aromatic carbocycles. The van der Waals surface area contributed by atoms with Crippen LogP contribution < -0.4 is 0 Å². The maximum atomic E-state index is 11.2. The first-order valence-electron chi connectivity index (χ1n) is 4.52. The largest absolute Gasteiger partial charge is 0.502 e. The van der Waals surface area contributed by atoms with E-state index in [1.165, 1.54) is 18.4 Å². The van der Waals surface area contributed by atoms with Crippen molar-refractivity contribution >= 4 is 5.78 Å². The molecular weight excluding hydrogens is 184 g/mol. The average Bonchev–Trinajstić information content (AvgIpc) is 2.18. The summed E-state index contributed by atoms with van der Waals surface area (Å²) in [5.41, 5.74) is 0. The van der Waals surface area contributed by atoms with Crippen molar-refractivity contribution in [1.82, 2.24) is 0 Å². The fourth-order valence-electron chi connectivity index (χ4n) is 1.21. The van der Waals surface area contributed by atoms with Crippen LogP contribution in [0.15, 0.2) is 25.0 Å². The van der Waals surface area contributed by atoms with Crippen LogP contribution in [-0.2, 0) is 14.3 Å². The Kier molecular flexibility index (Phi) is 4.35. The molecule has 0 bridgehead atoms. The molecule has 0 fully saturated rings. The van der Waals surface area contributed by atoms with Gasteiger partial charge in [-0.15, -0.1) is 0 Å². The number of carbonyl (C=O) groups is 1. The number of rotatable bonds is 5. The van der Waals surface area contributed by atoms with Gasteiger partial charge in [-0.05, 0) is 25.0 Å². The van der Waals surface area contributed by atoms with Gasteiger partial charge in [0.05, 0.1) is 12.9 Å². The lowest BCUT2D eigenvalue weighted by Gasteiger charge is -2.21. The smallest absolute Gasteiger partial charge is 0.184 e. The highest BCUT2D eigenvalue weighted by atomic mass is 16.6. The standard InChI is InChI=1S/C10H14O4/c1-2-13-7-3-4-9-8(11)5-6-10(12)14-9/h2,5-6,9-10,12H,1,3-4,7H2. The van der Waals surface area contributed by atoms with Crippen molar-refractivity contribution in [2.45, 2.75) is 25.2 Å². The van der Waals surface area contributed by atoms with E-state index in [2.05, 4.69) is 6.58 Å². The molecule has 0 spiro atoms. The number of carbonyl (C=O) groups excluding carboxylic acids is 1. The number of aliphatic hydroxyl groups excluding tert-OH is 1. The minimum Gasteiger partial charge on any atom is -0.502 e. The molecule has 1 rings (SSSR count). The van der Waals surface area contributed by atoms with Crippen LogP contribution in [0.5, 0.6) is 0 Å². The van der Waals surface area contributed by atoms with Gasteiger partial charge in [0, 0.05) is 0 Å². The summed E-state index contributed by atoms with van der Waals surface area (Å²) in [7, 11) is 0. The van der Waals surface area contributed by atoms with Crippen LogP contribution in [0.2, 0.25) is 0 Å². The Bertz CT molecular complexity index is 234. The Morgan fingerprint density at radius 3 is 3.21 bits per heavy atom. The van der Waals surface area contributed by atoms with Crippen LogP contribution in [0.1, 0.15) is 12.8 Å². The molecule has 0 radical (unpaired) electrons. The van der Waals surface area contributed by atoms with Crippen LogP contribution in [0, 0.1) is 0 Å². The Morgan fingerprint density at radius 2 is 2.50 bits per heavy atom. The van der Waals surface area contributed by atoms with Crippen molar-refractivity contribution < 1.29 is 19.4 Å². The molecule has 78 valence electrons. The average molecular weight is 198 g/mol. The maximum Gasteiger partial charge on any atom is 0.184 e. The number of aliphatic hydroxyl groups is 1. The highest BCUT2D eigenvalue weighted by molar-refractivity contribution is 5.94. The molecule has 4 heteroatoms. The molecule has 2 unspecified atom stereocenters. The normalized spacial score (nSPS) is 26.2. The first-order valence-corrected chi connectivity index (χ1v) is 4.52. The van der Waals surface area contributed by atoms with E-state index in [9.17, 15) is 4.79 Å². The van der Waals surface area contributed by atoms with Crippen LogP contribution in [-0.4, -0.2) is 29.9 Å². The molecule has 0 saturated heterocycles. The molecule has 14 heavy (non-hydrogen) atoms. The monoisotopic (exact) mass is 198 g/mol. The predicted octanol–water partition coefficient (Wildman–Crippen LogP) is 0.769. The van der Waals surface area contributed by atoms with Gasteiger partial charge in [-0.25, -0.2) is 0 Å². The lowest BCUT2D eigenvalue weighted by Crippen LogP contribution is -2.31. The summed E-state index contributed by atoms with van der Waals surface area (Å²) in [6.07, 6.45) is 3.79. The van der Waals surface area contributed by atoms with E-state index in [0.717, 1.165) is 0 Å². The molecule has 2 atom stereocenters. The third-order valence-corrected chi connectivity index (χ3v) is 1.89. The summed E-state index contributed by atoms with van der Waals surface area (Å²) >= 11 is 0. The molecule has 0 saturated carbocycles. The van der Waals surface area contributed by atoms with Crippen molar-refractivity contribution in [2.75, 3.05) is 6.61 Å². The number of ether oxygens (including phenoxy) is 2. The molecule has 1 N–H and O–H groups in total. The zero-order valence-corrected chi connectivity index (χ0v) is 7.89. The third kappa shape index (κ3) is 3.32. The van der Waals surface area contributed by atoms with Gasteiger partial charge in [-0.1, -0.05) is 6.58 Å². The zero-order valence-electron chi connectivity index (χ0n) is 7.89. The summed E-state index contributed by atoms with van der Waals surface area (Å²) < 4.78 is 9.92. The van der Waals surface area contributed by atoms with Crippen molar-refractivity contribution in [1.29, 1.82) is 0 Å². The second-order valence-corrected chi connectivity index (χ2v) is 2.96. The van der Waals surface area contributed by atoms with Gasteiger partial charge in [-0.3, -0.25) is 4.79 Å². The van der Waals surface area contributed by atoms with Crippen LogP contribution in [0.25, 0.3) is 0 Å². The molecule has 4 nitrogen and oxygen atoms in total. The molecule has 0 aliphatic carbocycles. The van der Waals surface area contributed by atoms with E-state index >= 15 is 0 Å². The Balaban J connectivity index is 2.26. The van der Waals surface area contributed by atoms with E-state index in [0.29, 0.717) is 19.4 Å². The van der Waals surface area contributed by atoms with Gasteiger partial charge < -0.3 is 14.6 Å². The van der Waals surface area contributed by atoms with Crippen LogP contribution >= 0.6 is 0 Å². The second kappa shape index (κ2) is 5.57. The summed E-state index contributed by atoms with van der Waals surface area (Å²) in [6, 6.07) is 0. The van der Waals surface area contributed by atoms with Gasteiger partial charge >= 0.3 is 0 Å². The lowest BCUT2D eigenvalue weighted by molar-refractivity contribution is -0.149. The summed E-state index contributed by atoms with van der Waals surface area (Å²) in [5, 5.41) is 9.09. The van der Waals surface area contributed by atoms with Gasteiger partial charge in [-0.2, -0.15) is 0 Å². The quantitative estimate of drug-likeness (QED) is 0.523. The van der Waals surface area contributed by atoms with E-state index in [-0.39, 0.29) is 5.78 Å². The highest BCUT2D eigenvalue weighted by Crippen LogP contribution is 2.12. The number of hydrogen-bond donors (Lipinski definition) is 1. The SMILES string of the molecule is C=COCCCC1OC(O)C=CC1=O. The molecule has 1 heterocycles. The lowest BCUT2D eigenvalue weighted by atomic mass is 10.1. The first-order chi connectivity index (χ1) is 6.74. The molecule has 0 aromatic heterocycles.